The smallest absolute Gasteiger partial charge is 0.271 e. The van der Waals surface area contributed by atoms with E-state index >= 15 is 0 Å². The number of carbonyl (C=O) groups is 1. The van der Waals surface area contributed by atoms with Crippen LogP contribution < -0.4 is 10.2 Å². The zero-order chi connectivity index (χ0) is 19.7. The van der Waals surface area contributed by atoms with E-state index in [4.69, 9.17) is 4.74 Å². The number of rotatable bonds is 4. The summed E-state index contributed by atoms with van der Waals surface area (Å²) in [5.74, 6) is -0.171. The Hall–Kier alpha value is -2.86. The zero-order valence-electron chi connectivity index (χ0n) is 16.6. The summed E-state index contributed by atoms with van der Waals surface area (Å²) in [7, 11) is 0. The summed E-state index contributed by atoms with van der Waals surface area (Å²) in [5, 5.41) is 3.04. The molecule has 0 radical (unpaired) electrons. The molecule has 1 N–H and O–H groups in total. The highest BCUT2D eigenvalue weighted by molar-refractivity contribution is 5.93. The van der Waals surface area contributed by atoms with Gasteiger partial charge in [-0.2, -0.15) is 0 Å². The molecular formula is C22H26N4O2. The molecule has 28 heavy (non-hydrogen) atoms. The number of anilines is 1. The molecule has 0 bridgehead atoms. The third-order valence-electron chi connectivity index (χ3n) is 5.13. The Balaban J connectivity index is 1.43. The predicted molar refractivity (Wildman–Crippen MR) is 110 cm³/mol. The van der Waals surface area contributed by atoms with Crippen LogP contribution >= 0.6 is 0 Å². The molecule has 1 aliphatic rings. The molecule has 4 rings (SSSR count). The Bertz CT molecular complexity index is 945. The van der Waals surface area contributed by atoms with Crippen LogP contribution in [-0.2, 0) is 4.74 Å². The fraction of sp³-hybridized carbons (Fsp3) is 0.364. The first kappa shape index (κ1) is 18.5. The fourth-order valence-electron chi connectivity index (χ4n) is 3.61. The second-order valence-corrected chi connectivity index (χ2v) is 7.91. The number of ether oxygens (including phenoxy) is 1. The van der Waals surface area contributed by atoms with Gasteiger partial charge in [0.15, 0.2) is 0 Å². The summed E-state index contributed by atoms with van der Waals surface area (Å²) >= 11 is 0. The number of aromatic nitrogens is 2. The number of benzene rings is 1. The van der Waals surface area contributed by atoms with Crippen molar-refractivity contribution in [3.63, 3.8) is 0 Å². The van der Waals surface area contributed by atoms with Gasteiger partial charge in [0, 0.05) is 31.2 Å². The molecule has 1 atom stereocenters. The molecular weight excluding hydrogens is 352 g/mol. The normalized spacial score (nSPS) is 17.5. The third kappa shape index (κ3) is 3.87. The lowest BCUT2D eigenvalue weighted by Crippen LogP contribution is -2.48. The summed E-state index contributed by atoms with van der Waals surface area (Å²) in [6.45, 7) is 8.71. The van der Waals surface area contributed by atoms with E-state index in [0.717, 1.165) is 30.9 Å². The SMILES string of the molecule is C[C@@H](NC(=O)c1cn2ccccc2n1)c1ccc(N2CCOC(C)(C)C2)cc1. The van der Waals surface area contributed by atoms with Gasteiger partial charge in [0.05, 0.1) is 18.2 Å². The molecule has 146 valence electrons. The van der Waals surface area contributed by atoms with Gasteiger partial charge in [-0.25, -0.2) is 4.98 Å². The Labute approximate surface area is 165 Å². The van der Waals surface area contributed by atoms with Crippen LogP contribution in [0.15, 0.2) is 54.9 Å². The summed E-state index contributed by atoms with van der Waals surface area (Å²) in [6, 6.07) is 14.0. The first-order valence-corrected chi connectivity index (χ1v) is 9.65. The van der Waals surface area contributed by atoms with Gasteiger partial charge in [-0.1, -0.05) is 18.2 Å². The number of hydrogen-bond donors (Lipinski definition) is 1. The summed E-state index contributed by atoms with van der Waals surface area (Å²) in [5.41, 5.74) is 3.29. The Morgan fingerprint density at radius 2 is 2.00 bits per heavy atom. The van der Waals surface area contributed by atoms with E-state index in [-0.39, 0.29) is 17.6 Å². The van der Waals surface area contributed by atoms with Crippen LogP contribution in [0, 0.1) is 0 Å². The third-order valence-corrected chi connectivity index (χ3v) is 5.13. The lowest BCUT2D eigenvalue weighted by Gasteiger charge is -2.39. The molecule has 1 amide bonds. The van der Waals surface area contributed by atoms with Crippen molar-refractivity contribution in [3.05, 3.63) is 66.1 Å². The molecule has 1 saturated heterocycles. The highest BCUT2D eigenvalue weighted by Gasteiger charge is 2.27. The summed E-state index contributed by atoms with van der Waals surface area (Å²) < 4.78 is 7.64. The maximum Gasteiger partial charge on any atom is 0.271 e. The van der Waals surface area contributed by atoms with E-state index in [2.05, 4.69) is 53.3 Å². The molecule has 3 heterocycles. The number of hydrogen-bond acceptors (Lipinski definition) is 4. The minimum Gasteiger partial charge on any atom is -0.372 e. The van der Waals surface area contributed by atoms with Crippen molar-refractivity contribution < 1.29 is 9.53 Å². The number of fused-ring (bicyclic) bond motifs is 1. The molecule has 1 aliphatic heterocycles. The van der Waals surface area contributed by atoms with Gasteiger partial charge < -0.3 is 19.4 Å². The van der Waals surface area contributed by atoms with Crippen molar-refractivity contribution in [1.29, 1.82) is 0 Å². The van der Waals surface area contributed by atoms with Gasteiger partial charge in [-0.15, -0.1) is 0 Å². The quantitative estimate of drug-likeness (QED) is 0.756. The van der Waals surface area contributed by atoms with Crippen molar-refractivity contribution in [3.8, 4) is 0 Å². The molecule has 1 aromatic carbocycles. The van der Waals surface area contributed by atoms with Crippen LogP contribution in [0.2, 0.25) is 0 Å². The number of morpholine rings is 1. The Kier molecular flexibility index (Phi) is 4.81. The Morgan fingerprint density at radius 1 is 1.21 bits per heavy atom. The number of pyridine rings is 1. The zero-order valence-corrected chi connectivity index (χ0v) is 16.6. The molecule has 6 heteroatoms. The van der Waals surface area contributed by atoms with Crippen LogP contribution in [0.25, 0.3) is 5.65 Å². The van der Waals surface area contributed by atoms with Gasteiger partial charge in [0.25, 0.3) is 5.91 Å². The average Bonchev–Trinajstić information content (AvgIpc) is 3.12. The number of nitrogens with one attached hydrogen (secondary N) is 1. The van der Waals surface area contributed by atoms with Gasteiger partial charge >= 0.3 is 0 Å². The molecule has 0 spiro atoms. The topological polar surface area (TPSA) is 58.9 Å². The summed E-state index contributed by atoms with van der Waals surface area (Å²) in [4.78, 5) is 19.3. The van der Waals surface area contributed by atoms with E-state index in [1.807, 2.05) is 35.7 Å². The highest BCUT2D eigenvalue weighted by atomic mass is 16.5. The molecule has 6 nitrogen and oxygen atoms in total. The minimum atomic E-state index is -0.171. The van der Waals surface area contributed by atoms with Crippen LogP contribution in [0.1, 0.15) is 42.9 Å². The molecule has 3 aromatic rings. The van der Waals surface area contributed by atoms with E-state index < -0.39 is 0 Å². The second-order valence-electron chi connectivity index (χ2n) is 7.91. The maximum atomic E-state index is 12.6. The van der Waals surface area contributed by atoms with E-state index in [1.54, 1.807) is 6.20 Å². The first-order chi connectivity index (χ1) is 13.4. The standard InChI is InChI=1S/C22H26N4O2/c1-16(23-21(27)19-14-25-11-5-4-6-20(25)24-19)17-7-9-18(10-8-17)26-12-13-28-22(2,3)15-26/h4-11,14,16H,12-13,15H2,1-3H3,(H,23,27)/t16-/m1/s1. The van der Waals surface area contributed by atoms with E-state index in [0.29, 0.717) is 5.69 Å². The second kappa shape index (κ2) is 7.28. The van der Waals surface area contributed by atoms with Crippen LogP contribution in [0.4, 0.5) is 5.69 Å². The summed E-state index contributed by atoms with van der Waals surface area (Å²) in [6.07, 6.45) is 3.63. The largest absolute Gasteiger partial charge is 0.372 e. The molecule has 2 aromatic heterocycles. The van der Waals surface area contributed by atoms with E-state index in [1.165, 1.54) is 5.69 Å². The Morgan fingerprint density at radius 3 is 2.71 bits per heavy atom. The molecule has 1 fully saturated rings. The average molecular weight is 378 g/mol. The van der Waals surface area contributed by atoms with E-state index in [9.17, 15) is 4.79 Å². The predicted octanol–water partition coefficient (Wildman–Crippen LogP) is 3.44. The number of nitrogens with zero attached hydrogens (tertiary/aromatic N) is 3. The molecule has 0 unspecified atom stereocenters. The fourth-order valence-corrected chi connectivity index (χ4v) is 3.61. The van der Waals surface area contributed by atoms with Gasteiger partial charge in [0.1, 0.15) is 11.3 Å². The van der Waals surface area contributed by atoms with Gasteiger partial charge in [-0.05, 0) is 50.6 Å². The molecule has 0 aliphatic carbocycles. The van der Waals surface area contributed by atoms with Crippen LogP contribution in [-0.4, -0.2) is 40.6 Å². The lowest BCUT2D eigenvalue weighted by molar-refractivity contribution is -0.0276. The van der Waals surface area contributed by atoms with Crippen molar-refractivity contribution in [2.75, 3.05) is 24.6 Å². The van der Waals surface area contributed by atoms with Gasteiger partial charge in [0.2, 0.25) is 0 Å². The lowest BCUT2D eigenvalue weighted by atomic mass is 10.0. The molecule has 0 saturated carbocycles. The van der Waals surface area contributed by atoms with Crippen LogP contribution in [0.3, 0.4) is 0 Å². The van der Waals surface area contributed by atoms with Crippen molar-refractivity contribution in [2.24, 2.45) is 0 Å². The van der Waals surface area contributed by atoms with Crippen molar-refractivity contribution >= 4 is 17.2 Å². The van der Waals surface area contributed by atoms with Gasteiger partial charge in [-0.3, -0.25) is 4.79 Å². The number of imidazole rings is 1. The van der Waals surface area contributed by atoms with Crippen molar-refractivity contribution in [2.45, 2.75) is 32.4 Å². The number of amides is 1. The first-order valence-electron chi connectivity index (χ1n) is 9.65. The van der Waals surface area contributed by atoms with Crippen LogP contribution in [0.5, 0.6) is 0 Å². The number of carbonyl (C=O) groups excluding carboxylic acids is 1. The maximum absolute atomic E-state index is 12.6. The minimum absolute atomic E-state index is 0.104. The monoisotopic (exact) mass is 378 g/mol. The highest BCUT2D eigenvalue weighted by Crippen LogP contribution is 2.24. The van der Waals surface area contributed by atoms with Crippen molar-refractivity contribution in [1.82, 2.24) is 14.7 Å².